The number of nitrogens with zero attached hydrogens (tertiary/aromatic N) is 4. The van der Waals surface area contributed by atoms with Gasteiger partial charge in [-0.05, 0) is 49.2 Å². The second kappa shape index (κ2) is 10.0. The summed E-state index contributed by atoms with van der Waals surface area (Å²) in [5.74, 6) is 0.975. The van der Waals surface area contributed by atoms with Crippen LogP contribution in [0, 0.1) is 5.92 Å². The van der Waals surface area contributed by atoms with Crippen molar-refractivity contribution in [3.63, 3.8) is 0 Å². The standard InChI is InChI=1S/C26H29N5O2/c32-26(27-22-6-8-23(9-7-22)30-16-18-33-19-17-30)21-12-14-31(15-13-21)25-11-10-24(28-29-25)20-4-2-1-3-5-20/h1-11,21H,12-19H2,(H,27,32). The molecule has 0 aliphatic carbocycles. The zero-order valence-electron chi connectivity index (χ0n) is 18.7. The number of carbonyl (C=O) groups excluding carboxylic acids is 1. The molecule has 3 heterocycles. The van der Waals surface area contributed by atoms with Crippen LogP contribution < -0.4 is 15.1 Å². The molecule has 1 N–H and O–H groups in total. The minimum absolute atomic E-state index is 0.0109. The third-order valence-electron chi connectivity index (χ3n) is 6.42. The molecule has 0 spiro atoms. The number of rotatable bonds is 5. The van der Waals surface area contributed by atoms with Crippen LogP contribution in [0.5, 0.6) is 0 Å². The first-order chi connectivity index (χ1) is 16.3. The Kier molecular flexibility index (Phi) is 6.48. The molecule has 2 aliphatic heterocycles. The van der Waals surface area contributed by atoms with E-state index >= 15 is 0 Å². The number of amides is 1. The van der Waals surface area contributed by atoms with Crippen LogP contribution in [0.2, 0.25) is 0 Å². The Morgan fingerprint density at radius 1 is 0.818 bits per heavy atom. The quantitative estimate of drug-likeness (QED) is 0.646. The van der Waals surface area contributed by atoms with Crippen LogP contribution in [0.4, 0.5) is 17.2 Å². The van der Waals surface area contributed by atoms with E-state index in [0.29, 0.717) is 0 Å². The van der Waals surface area contributed by atoms with Gasteiger partial charge in [0, 0.05) is 49.0 Å². The number of anilines is 3. The van der Waals surface area contributed by atoms with Crippen LogP contribution >= 0.6 is 0 Å². The van der Waals surface area contributed by atoms with Gasteiger partial charge in [-0.3, -0.25) is 4.79 Å². The summed E-state index contributed by atoms with van der Waals surface area (Å²) in [6.07, 6.45) is 1.61. The van der Waals surface area contributed by atoms with E-state index in [1.54, 1.807) is 0 Å². The van der Waals surface area contributed by atoms with E-state index in [1.807, 2.05) is 54.6 Å². The highest BCUT2D eigenvalue weighted by Gasteiger charge is 2.26. The molecule has 1 aromatic heterocycles. The van der Waals surface area contributed by atoms with E-state index in [4.69, 9.17) is 4.74 Å². The lowest BCUT2D eigenvalue weighted by atomic mass is 9.95. The number of hydrogen-bond acceptors (Lipinski definition) is 6. The van der Waals surface area contributed by atoms with Crippen LogP contribution in [-0.4, -0.2) is 55.5 Å². The van der Waals surface area contributed by atoms with Crippen molar-refractivity contribution in [2.24, 2.45) is 5.92 Å². The largest absolute Gasteiger partial charge is 0.378 e. The molecule has 0 radical (unpaired) electrons. The fourth-order valence-corrected chi connectivity index (χ4v) is 4.45. The second-order valence-corrected chi connectivity index (χ2v) is 8.54. The highest BCUT2D eigenvalue weighted by atomic mass is 16.5. The van der Waals surface area contributed by atoms with Crippen LogP contribution in [0.3, 0.4) is 0 Å². The molecule has 2 aromatic carbocycles. The molecule has 0 atom stereocenters. The highest BCUT2D eigenvalue weighted by molar-refractivity contribution is 5.92. The number of morpholine rings is 1. The number of benzene rings is 2. The first-order valence-electron chi connectivity index (χ1n) is 11.6. The first kappa shape index (κ1) is 21.4. The first-order valence-corrected chi connectivity index (χ1v) is 11.6. The lowest BCUT2D eigenvalue weighted by molar-refractivity contribution is -0.120. The van der Waals surface area contributed by atoms with Crippen LogP contribution in [-0.2, 0) is 9.53 Å². The van der Waals surface area contributed by atoms with Gasteiger partial charge < -0.3 is 19.9 Å². The Hall–Kier alpha value is -3.45. The lowest BCUT2D eigenvalue weighted by Gasteiger charge is -2.32. The number of ether oxygens (including phenoxy) is 1. The molecule has 1 amide bonds. The summed E-state index contributed by atoms with van der Waals surface area (Å²) < 4.78 is 5.41. The normalized spacial score (nSPS) is 17.1. The molecule has 0 unspecified atom stereocenters. The van der Waals surface area contributed by atoms with E-state index in [9.17, 15) is 4.79 Å². The molecule has 7 heteroatoms. The van der Waals surface area contributed by atoms with E-state index in [2.05, 4.69) is 37.4 Å². The monoisotopic (exact) mass is 443 g/mol. The summed E-state index contributed by atoms with van der Waals surface area (Å²) in [6, 6.07) is 22.2. The number of nitrogens with one attached hydrogen (secondary N) is 1. The summed E-state index contributed by atoms with van der Waals surface area (Å²) in [5.41, 5.74) is 3.95. The number of hydrogen-bond donors (Lipinski definition) is 1. The van der Waals surface area contributed by atoms with E-state index in [-0.39, 0.29) is 11.8 Å². The predicted molar refractivity (Wildman–Crippen MR) is 131 cm³/mol. The average Bonchev–Trinajstić information content (AvgIpc) is 2.90. The molecule has 170 valence electrons. The van der Waals surface area contributed by atoms with Crippen LogP contribution in [0.25, 0.3) is 11.3 Å². The molecule has 3 aromatic rings. The van der Waals surface area contributed by atoms with Gasteiger partial charge in [0.05, 0.1) is 18.9 Å². The van der Waals surface area contributed by atoms with E-state index < -0.39 is 0 Å². The molecule has 7 nitrogen and oxygen atoms in total. The summed E-state index contributed by atoms with van der Waals surface area (Å²) in [4.78, 5) is 17.3. The van der Waals surface area contributed by atoms with Gasteiger partial charge in [0.25, 0.3) is 0 Å². The van der Waals surface area contributed by atoms with Crippen molar-refractivity contribution in [3.05, 3.63) is 66.7 Å². The number of aromatic nitrogens is 2. The minimum atomic E-state index is 0.0109. The second-order valence-electron chi connectivity index (χ2n) is 8.54. The van der Waals surface area contributed by atoms with E-state index in [1.165, 1.54) is 5.69 Å². The fraction of sp³-hybridized carbons (Fsp3) is 0.346. The molecular weight excluding hydrogens is 414 g/mol. The van der Waals surface area contributed by atoms with Crippen molar-refractivity contribution < 1.29 is 9.53 Å². The van der Waals surface area contributed by atoms with Crippen molar-refractivity contribution in [3.8, 4) is 11.3 Å². The number of carbonyl (C=O) groups is 1. The summed E-state index contributed by atoms with van der Waals surface area (Å²) >= 11 is 0. The van der Waals surface area contributed by atoms with Gasteiger partial charge in [0.15, 0.2) is 5.82 Å². The maximum absolute atomic E-state index is 12.8. The lowest BCUT2D eigenvalue weighted by Crippen LogP contribution is -2.38. The Bertz CT molecular complexity index is 1040. The predicted octanol–water partition coefficient (Wildman–Crippen LogP) is 3.84. The average molecular weight is 444 g/mol. The highest BCUT2D eigenvalue weighted by Crippen LogP contribution is 2.25. The Balaban J connectivity index is 1.13. The van der Waals surface area contributed by atoms with Gasteiger partial charge >= 0.3 is 0 Å². The van der Waals surface area contributed by atoms with E-state index in [0.717, 1.165) is 75.0 Å². The zero-order valence-corrected chi connectivity index (χ0v) is 18.7. The third-order valence-corrected chi connectivity index (χ3v) is 6.42. The maximum Gasteiger partial charge on any atom is 0.227 e. The van der Waals surface area contributed by atoms with Gasteiger partial charge in [-0.15, -0.1) is 10.2 Å². The van der Waals surface area contributed by atoms with Gasteiger partial charge in [0.2, 0.25) is 5.91 Å². The molecule has 2 saturated heterocycles. The van der Waals surface area contributed by atoms with Gasteiger partial charge in [-0.25, -0.2) is 0 Å². The topological polar surface area (TPSA) is 70.6 Å². The van der Waals surface area contributed by atoms with Crippen molar-refractivity contribution in [1.29, 1.82) is 0 Å². The Morgan fingerprint density at radius 3 is 2.21 bits per heavy atom. The molecule has 0 bridgehead atoms. The van der Waals surface area contributed by atoms with Crippen molar-refractivity contribution in [1.82, 2.24) is 10.2 Å². The fourth-order valence-electron chi connectivity index (χ4n) is 4.45. The van der Waals surface area contributed by atoms with Crippen molar-refractivity contribution in [2.75, 3.05) is 54.5 Å². The Morgan fingerprint density at radius 2 is 1.55 bits per heavy atom. The maximum atomic E-state index is 12.8. The molecule has 5 rings (SSSR count). The minimum Gasteiger partial charge on any atom is -0.378 e. The molecule has 2 aliphatic rings. The third kappa shape index (κ3) is 5.14. The Labute approximate surface area is 194 Å². The van der Waals surface area contributed by atoms with Gasteiger partial charge in [0.1, 0.15) is 0 Å². The van der Waals surface area contributed by atoms with Crippen LogP contribution in [0.15, 0.2) is 66.7 Å². The van der Waals surface area contributed by atoms with Crippen molar-refractivity contribution in [2.45, 2.75) is 12.8 Å². The zero-order chi connectivity index (χ0) is 22.5. The van der Waals surface area contributed by atoms with Gasteiger partial charge in [-0.1, -0.05) is 30.3 Å². The summed E-state index contributed by atoms with van der Waals surface area (Å²) in [6.45, 7) is 4.94. The summed E-state index contributed by atoms with van der Waals surface area (Å²) in [5, 5.41) is 11.9. The number of piperidine rings is 1. The smallest absolute Gasteiger partial charge is 0.227 e. The molecule has 0 saturated carbocycles. The van der Waals surface area contributed by atoms with Crippen molar-refractivity contribution >= 4 is 23.1 Å². The molecular formula is C26H29N5O2. The SMILES string of the molecule is O=C(Nc1ccc(N2CCOCC2)cc1)C1CCN(c2ccc(-c3ccccc3)nn2)CC1. The molecule has 33 heavy (non-hydrogen) atoms. The van der Waals surface area contributed by atoms with Crippen LogP contribution in [0.1, 0.15) is 12.8 Å². The van der Waals surface area contributed by atoms with Gasteiger partial charge in [-0.2, -0.15) is 0 Å². The summed E-state index contributed by atoms with van der Waals surface area (Å²) in [7, 11) is 0. The molecule has 2 fully saturated rings.